The van der Waals surface area contributed by atoms with E-state index in [-0.39, 0.29) is 17.6 Å². The summed E-state index contributed by atoms with van der Waals surface area (Å²) in [4.78, 5) is 33.5. The Morgan fingerprint density at radius 2 is 0.797 bits per heavy atom. The largest absolute Gasteiger partial charge is 0.311 e. The Morgan fingerprint density at radius 1 is 0.311 bits per heavy atom. The predicted octanol–water partition coefficient (Wildman–Crippen LogP) is 14.3. The van der Waals surface area contributed by atoms with Crippen molar-refractivity contribution in [3.63, 3.8) is 0 Å². The second-order valence-electron chi connectivity index (χ2n) is 19.4. The number of hydrogen-bond donors (Lipinski definition) is 0. The smallest absolute Gasteiger partial charge is 0.252 e. The Bertz CT molecular complexity index is 4500. The van der Waals surface area contributed by atoms with E-state index in [0.29, 0.717) is 27.1 Å². The van der Waals surface area contributed by atoms with Crippen molar-refractivity contribution in [2.45, 2.75) is 0 Å². The minimum absolute atomic E-state index is 0.0651. The van der Waals surface area contributed by atoms with E-state index in [2.05, 4.69) is 220 Å². The summed E-state index contributed by atoms with van der Waals surface area (Å²) in [5.41, 5.74) is 21.1. The van der Waals surface area contributed by atoms with Gasteiger partial charge in [-0.05, 0) is 123 Å². The third kappa shape index (κ3) is 6.12. The maximum Gasteiger partial charge on any atom is 0.252 e. The van der Waals surface area contributed by atoms with Crippen molar-refractivity contribution < 1.29 is 0 Å². The number of benzene rings is 11. The van der Waals surface area contributed by atoms with Gasteiger partial charge in [-0.3, -0.25) is 9.59 Å². The van der Waals surface area contributed by atoms with Crippen molar-refractivity contribution in [3.8, 4) is 44.5 Å². The third-order valence-electron chi connectivity index (χ3n) is 15.5. The average molecular weight is 944 g/mol. The minimum Gasteiger partial charge on any atom is -0.311 e. The first-order valence-electron chi connectivity index (χ1n) is 25.2. The molecule has 0 spiro atoms. The van der Waals surface area contributed by atoms with E-state index in [1.54, 1.807) is 0 Å². The van der Waals surface area contributed by atoms with Crippen molar-refractivity contribution in [1.29, 1.82) is 0 Å². The Balaban J connectivity index is 0.993. The van der Waals surface area contributed by atoms with Crippen LogP contribution in [0.2, 0.25) is 0 Å². The summed E-state index contributed by atoms with van der Waals surface area (Å²) in [6.07, 6.45) is 0. The van der Waals surface area contributed by atoms with Crippen molar-refractivity contribution in [1.82, 2.24) is 4.40 Å². The lowest BCUT2D eigenvalue weighted by Gasteiger charge is -2.45. The number of para-hydroxylation sites is 5. The standard InChI is InChI=1S/C68H42BN3O2/c73-67-52-27-12-14-33-58(52)71-59-40-38-45(41-55(59)68(74)54-31-17-30-53(67)66(54)71)48-25-10-11-26-49(48)46-37-39-57-63(42-46)72(65-50(43-19-4-1-5-20-43)28-16-29-51(65)44-21-6-2-7-22-44)62-36-18-35-61-64(62)69(57)56-32-13-15-34-60(56)70(61)47-23-8-3-9-24-47/h1-42H. The molecule has 0 atom stereocenters. The van der Waals surface area contributed by atoms with Gasteiger partial charge in [0, 0.05) is 61.1 Å². The van der Waals surface area contributed by atoms with Crippen molar-refractivity contribution in [2.24, 2.45) is 0 Å². The molecule has 0 saturated heterocycles. The van der Waals surface area contributed by atoms with Crippen molar-refractivity contribution in [3.05, 3.63) is 275 Å². The first kappa shape index (κ1) is 42.0. The van der Waals surface area contributed by atoms with Crippen LogP contribution >= 0.6 is 0 Å². The molecule has 0 bridgehead atoms. The van der Waals surface area contributed by atoms with E-state index in [4.69, 9.17) is 0 Å². The van der Waals surface area contributed by atoms with Crippen LogP contribution in [0.4, 0.5) is 34.1 Å². The topological polar surface area (TPSA) is 45.0 Å². The van der Waals surface area contributed by atoms with Gasteiger partial charge in [0.05, 0.1) is 22.2 Å². The van der Waals surface area contributed by atoms with Gasteiger partial charge in [-0.15, -0.1) is 0 Å². The lowest BCUT2D eigenvalue weighted by Crippen LogP contribution is -2.61. The first-order chi connectivity index (χ1) is 36.6. The van der Waals surface area contributed by atoms with Gasteiger partial charge in [-0.2, -0.15) is 0 Å². The normalized spacial score (nSPS) is 12.6. The molecule has 13 aromatic rings. The van der Waals surface area contributed by atoms with Crippen LogP contribution in [-0.2, 0) is 0 Å². The number of aromatic nitrogens is 1. The number of anilines is 6. The first-order valence-corrected chi connectivity index (χ1v) is 25.2. The van der Waals surface area contributed by atoms with E-state index in [1.165, 1.54) is 16.4 Å². The van der Waals surface area contributed by atoms with Gasteiger partial charge < -0.3 is 14.2 Å². The van der Waals surface area contributed by atoms with E-state index in [1.807, 2.05) is 48.5 Å². The Kier molecular flexibility index (Phi) is 9.29. The lowest BCUT2D eigenvalue weighted by molar-refractivity contribution is 1.25. The zero-order chi connectivity index (χ0) is 49.0. The van der Waals surface area contributed by atoms with Crippen LogP contribution in [0, 0.1) is 0 Å². The molecule has 0 N–H and O–H groups in total. The molecule has 4 heterocycles. The van der Waals surface area contributed by atoms with Gasteiger partial charge in [0.2, 0.25) is 0 Å². The summed E-state index contributed by atoms with van der Waals surface area (Å²) in [5.74, 6) is 0. The zero-order valence-electron chi connectivity index (χ0n) is 40.0. The molecule has 6 heteroatoms. The number of rotatable bonds is 6. The highest BCUT2D eigenvalue weighted by molar-refractivity contribution is 7.00. The zero-order valence-corrected chi connectivity index (χ0v) is 40.0. The highest BCUT2D eigenvalue weighted by Crippen LogP contribution is 2.50. The molecule has 2 aliphatic heterocycles. The molecule has 15 rings (SSSR count). The molecule has 2 aromatic heterocycles. The molecular weight excluding hydrogens is 902 g/mol. The molecule has 0 aliphatic carbocycles. The van der Waals surface area contributed by atoms with Crippen LogP contribution in [0.15, 0.2) is 264 Å². The van der Waals surface area contributed by atoms with Crippen LogP contribution in [0.25, 0.3) is 82.6 Å². The van der Waals surface area contributed by atoms with Crippen LogP contribution < -0.4 is 37.0 Å². The number of nitrogens with zero attached hydrogens (tertiary/aromatic N) is 3. The third-order valence-corrected chi connectivity index (χ3v) is 15.5. The summed E-state index contributed by atoms with van der Waals surface area (Å²) in [6.45, 7) is -0.0674. The molecule has 0 fully saturated rings. The van der Waals surface area contributed by atoms with Crippen molar-refractivity contribution >= 4 is 95.3 Å². The maximum atomic E-state index is 14.7. The summed E-state index contributed by atoms with van der Waals surface area (Å²) < 4.78 is 2.11. The maximum absolute atomic E-state index is 14.7. The molecule has 5 nitrogen and oxygen atoms in total. The van der Waals surface area contributed by atoms with Gasteiger partial charge in [-0.1, -0.05) is 182 Å². The summed E-state index contributed by atoms with van der Waals surface area (Å²) in [6, 6.07) is 89.7. The SMILES string of the molecule is O=c1c2ccccc2n2c3ccc(-c4ccccc4-c4ccc5c(c4)N(c4c(-c6ccccc6)cccc4-c4ccccc4)c4cccc6c4B5c4ccccc4N6c4ccccc4)cc3c(=O)c3cccc1c32. The fourth-order valence-corrected chi connectivity index (χ4v) is 12.4. The average Bonchev–Trinajstić information content (AvgIpc) is 3.55. The summed E-state index contributed by atoms with van der Waals surface area (Å²) >= 11 is 0. The molecule has 0 amide bonds. The molecule has 2 aliphatic rings. The van der Waals surface area contributed by atoms with Crippen LogP contribution in [0.5, 0.6) is 0 Å². The van der Waals surface area contributed by atoms with E-state index in [9.17, 15) is 9.59 Å². The Hall–Kier alpha value is -9.78. The molecule has 0 radical (unpaired) electrons. The molecular formula is C68H42BN3O2. The van der Waals surface area contributed by atoms with E-state index in [0.717, 1.165) is 89.7 Å². The molecule has 0 saturated carbocycles. The minimum atomic E-state index is -0.0908. The molecule has 344 valence electrons. The summed E-state index contributed by atoms with van der Waals surface area (Å²) in [7, 11) is 0. The van der Waals surface area contributed by atoms with Crippen LogP contribution in [-0.4, -0.2) is 11.1 Å². The fraction of sp³-hybridized carbons (Fsp3) is 0. The Labute approximate surface area is 427 Å². The number of fused-ring (bicyclic) bond motifs is 8. The summed E-state index contributed by atoms with van der Waals surface area (Å²) in [5, 5.41) is 2.30. The lowest BCUT2D eigenvalue weighted by atomic mass is 9.33. The van der Waals surface area contributed by atoms with Crippen molar-refractivity contribution in [2.75, 3.05) is 9.80 Å². The van der Waals surface area contributed by atoms with Crippen LogP contribution in [0.3, 0.4) is 0 Å². The molecule has 74 heavy (non-hydrogen) atoms. The number of hydrogen-bond acceptors (Lipinski definition) is 4. The monoisotopic (exact) mass is 943 g/mol. The molecule has 0 unspecified atom stereocenters. The molecule has 11 aromatic carbocycles. The predicted molar refractivity (Wildman–Crippen MR) is 309 cm³/mol. The van der Waals surface area contributed by atoms with Gasteiger partial charge in [0.15, 0.2) is 10.9 Å². The quantitative estimate of drug-likeness (QED) is 0.0946. The van der Waals surface area contributed by atoms with Gasteiger partial charge in [0.1, 0.15) is 0 Å². The highest BCUT2D eigenvalue weighted by atomic mass is 16.1. The second-order valence-corrected chi connectivity index (χ2v) is 19.4. The van der Waals surface area contributed by atoms with Gasteiger partial charge in [-0.25, -0.2) is 0 Å². The van der Waals surface area contributed by atoms with Gasteiger partial charge >= 0.3 is 0 Å². The van der Waals surface area contributed by atoms with E-state index >= 15 is 0 Å². The van der Waals surface area contributed by atoms with Gasteiger partial charge in [0.25, 0.3) is 6.71 Å². The fourth-order valence-electron chi connectivity index (χ4n) is 12.4. The highest BCUT2D eigenvalue weighted by Gasteiger charge is 2.44. The van der Waals surface area contributed by atoms with Crippen LogP contribution in [0.1, 0.15) is 0 Å². The Morgan fingerprint density at radius 3 is 1.51 bits per heavy atom. The number of pyridine rings is 2. The van der Waals surface area contributed by atoms with E-state index < -0.39 is 0 Å². The second kappa shape index (κ2) is 16.4.